The Morgan fingerprint density at radius 1 is 1.36 bits per heavy atom. The SMILES string of the molecule is CC(=O)CCc1c(C)c2c(OCCO)cc(O)cc2oc1=O. The Morgan fingerprint density at radius 2 is 2.09 bits per heavy atom. The molecule has 0 aliphatic heterocycles. The number of carbonyl (C=O) groups excluding carboxylic acids is 1. The van der Waals surface area contributed by atoms with Crippen molar-refractivity contribution in [1.29, 1.82) is 0 Å². The zero-order chi connectivity index (χ0) is 16.3. The molecule has 0 radical (unpaired) electrons. The minimum atomic E-state index is -0.523. The van der Waals surface area contributed by atoms with E-state index in [0.29, 0.717) is 28.7 Å². The van der Waals surface area contributed by atoms with Gasteiger partial charge in [-0.25, -0.2) is 4.79 Å². The van der Waals surface area contributed by atoms with E-state index < -0.39 is 5.63 Å². The zero-order valence-corrected chi connectivity index (χ0v) is 12.5. The molecule has 0 saturated carbocycles. The van der Waals surface area contributed by atoms with E-state index in [1.165, 1.54) is 19.1 Å². The molecule has 0 spiro atoms. The summed E-state index contributed by atoms with van der Waals surface area (Å²) in [7, 11) is 0. The summed E-state index contributed by atoms with van der Waals surface area (Å²) in [4.78, 5) is 23.2. The summed E-state index contributed by atoms with van der Waals surface area (Å²) in [5, 5.41) is 19.1. The first-order chi connectivity index (χ1) is 10.4. The predicted octanol–water partition coefficient (Wildman–Crippen LogP) is 1.70. The quantitative estimate of drug-likeness (QED) is 0.788. The molecule has 0 bridgehead atoms. The van der Waals surface area contributed by atoms with Crippen LogP contribution >= 0.6 is 0 Å². The van der Waals surface area contributed by atoms with Gasteiger partial charge in [0.2, 0.25) is 0 Å². The van der Waals surface area contributed by atoms with Gasteiger partial charge in [-0.05, 0) is 25.8 Å². The number of aliphatic hydroxyl groups is 1. The highest BCUT2D eigenvalue weighted by molar-refractivity contribution is 5.89. The Labute approximate surface area is 126 Å². The number of aryl methyl sites for hydroxylation is 1. The van der Waals surface area contributed by atoms with Crippen LogP contribution in [0.1, 0.15) is 24.5 Å². The van der Waals surface area contributed by atoms with Crippen LogP contribution in [0.5, 0.6) is 11.5 Å². The molecular weight excluding hydrogens is 288 g/mol. The number of benzene rings is 1. The van der Waals surface area contributed by atoms with Gasteiger partial charge in [0, 0.05) is 24.1 Å². The van der Waals surface area contributed by atoms with Crippen LogP contribution in [0.15, 0.2) is 21.3 Å². The molecule has 2 N–H and O–H groups in total. The van der Waals surface area contributed by atoms with Crippen molar-refractivity contribution in [3.63, 3.8) is 0 Å². The molecule has 1 heterocycles. The van der Waals surface area contributed by atoms with Crippen molar-refractivity contribution in [2.75, 3.05) is 13.2 Å². The molecule has 1 aromatic carbocycles. The van der Waals surface area contributed by atoms with E-state index in [2.05, 4.69) is 0 Å². The highest BCUT2D eigenvalue weighted by Gasteiger charge is 2.16. The van der Waals surface area contributed by atoms with Gasteiger partial charge in [-0.2, -0.15) is 0 Å². The molecule has 0 saturated heterocycles. The summed E-state index contributed by atoms with van der Waals surface area (Å²) in [6.45, 7) is 3.09. The van der Waals surface area contributed by atoms with E-state index in [4.69, 9.17) is 14.3 Å². The molecule has 6 heteroatoms. The van der Waals surface area contributed by atoms with E-state index in [-0.39, 0.29) is 36.8 Å². The van der Waals surface area contributed by atoms with E-state index in [1.807, 2.05) is 0 Å². The number of ether oxygens (including phenoxy) is 1. The lowest BCUT2D eigenvalue weighted by Gasteiger charge is -2.12. The van der Waals surface area contributed by atoms with Gasteiger partial charge in [0.25, 0.3) is 0 Å². The molecule has 118 valence electrons. The van der Waals surface area contributed by atoms with Crippen LogP contribution in [0.2, 0.25) is 0 Å². The number of phenols is 1. The molecule has 0 aliphatic carbocycles. The second-order valence-electron chi connectivity index (χ2n) is 5.08. The molecule has 0 amide bonds. The number of fused-ring (bicyclic) bond motifs is 1. The molecule has 0 unspecified atom stereocenters. The third-order valence-corrected chi connectivity index (χ3v) is 3.40. The number of rotatable bonds is 6. The number of aliphatic hydroxyl groups excluding tert-OH is 1. The average molecular weight is 306 g/mol. The van der Waals surface area contributed by atoms with E-state index >= 15 is 0 Å². The summed E-state index contributed by atoms with van der Waals surface area (Å²) in [6, 6.07) is 2.74. The molecule has 2 rings (SSSR count). The van der Waals surface area contributed by atoms with E-state index in [1.54, 1.807) is 6.92 Å². The number of phenolic OH excluding ortho intramolecular Hbond substituents is 1. The molecule has 1 aromatic heterocycles. The highest BCUT2D eigenvalue weighted by Crippen LogP contribution is 2.33. The fourth-order valence-corrected chi connectivity index (χ4v) is 2.35. The first-order valence-corrected chi connectivity index (χ1v) is 6.96. The van der Waals surface area contributed by atoms with Crippen molar-refractivity contribution in [2.45, 2.75) is 26.7 Å². The Bertz CT molecular complexity index is 759. The second kappa shape index (κ2) is 6.62. The Balaban J connectivity index is 2.62. The molecular formula is C16H18O6. The minimum Gasteiger partial charge on any atom is -0.508 e. The Kier molecular flexibility index (Phi) is 4.82. The average Bonchev–Trinajstić information content (AvgIpc) is 2.43. The molecule has 6 nitrogen and oxygen atoms in total. The summed E-state index contributed by atoms with van der Waals surface area (Å²) in [5.74, 6) is 0.218. The normalized spacial score (nSPS) is 10.9. The molecule has 0 fully saturated rings. The molecule has 0 atom stereocenters. The van der Waals surface area contributed by atoms with Crippen LogP contribution in [0.25, 0.3) is 11.0 Å². The van der Waals surface area contributed by atoms with Gasteiger partial charge < -0.3 is 24.2 Å². The van der Waals surface area contributed by atoms with Crippen molar-refractivity contribution in [1.82, 2.24) is 0 Å². The fourth-order valence-electron chi connectivity index (χ4n) is 2.35. The Morgan fingerprint density at radius 3 is 2.73 bits per heavy atom. The lowest BCUT2D eigenvalue weighted by Crippen LogP contribution is -2.12. The van der Waals surface area contributed by atoms with Crippen LogP contribution in [-0.4, -0.2) is 29.2 Å². The van der Waals surface area contributed by atoms with Gasteiger partial charge in [0.15, 0.2) is 0 Å². The third-order valence-electron chi connectivity index (χ3n) is 3.40. The minimum absolute atomic E-state index is 0.0126. The van der Waals surface area contributed by atoms with Crippen molar-refractivity contribution >= 4 is 16.8 Å². The summed E-state index contributed by atoms with van der Waals surface area (Å²) < 4.78 is 10.6. The van der Waals surface area contributed by atoms with Crippen molar-refractivity contribution in [2.24, 2.45) is 0 Å². The number of aromatic hydroxyl groups is 1. The Hall–Kier alpha value is -2.34. The zero-order valence-electron chi connectivity index (χ0n) is 12.5. The molecule has 2 aromatic rings. The number of Topliss-reactive ketones (excluding diaryl/α,β-unsaturated/α-hetero) is 1. The lowest BCUT2D eigenvalue weighted by atomic mass is 10.0. The fraction of sp³-hybridized carbons (Fsp3) is 0.375. The lowest BCUT2D eigenvalue weighted by molar-refractivity contribution is -0.116. The standard InChI is InChI=1S/C16H18O6/c1-9(18)3-4-12-10(2)15-13(21-6-5-17)7-11(19)8-14(15)22-16(12)20/h7-8,17,19H,3-6H2,1-2H3. The van der Waals surface area contributed by atoms with Crippen LogP contribution in [0, 0.1) is 6.92 Å². The number of hydrogen-bond donors (Lipinski definition) is 2. The maximum absolute atomic E-state index is 12.1. The monoisotopic (exact) mass is 306 g/mol. The largest absolute Gasteiger partial charge is 0.508 e. The summed E-state index contributed by atoms with van der Waals surface area (Å²) in [5.41, 5.74) is 0.759. The van der Waals surface area contributed by atoms with Crippen LogP contribution in [0.3, 0.4) is 0 Å². The summed E-state index contributed by atoms with van der Waals surface area (Å²) >= 11 is 0. The van der Waals surface area contributed by atoms with Crippen LogP contribution in [0.4, 0.5) is 0 Å². The maximum atomic E-state index is 12.1. The van der Waals surface area contributed by atoms with Gasteiger partial charge in [-0.15, -0.1) is 0 Å². The summed E-state index contributed by atoms with van der Waals surface area (Å²) in [6.07, 6.45) is 0.543. The van der Waals surface area contributed by atoms with Gasteiger partial charge in [0.05, 0.1) is 12.0 Å². The van der Waals surface area contributed by atoms with Gasteiger partial charge in [-0.1, -0.05) is 0 Å². The first kappa shape index (κ1) is 16.0. The molecule has 22 heavy (non-hydrogen) atoms. The van der Waals surface area contributed by atoms with Crippen molar-refractivity contribution in [3.05, 3.63) is 33.7 Å². The van der Waals surface area contributed by atoms with Crippen molar-refractivity contribution in [3.8, 4) is 11.5 Å². The van der Waals surface area contributed by atoms with Crippen LogP contribution < -0.4 is 10.4 Å². The number of ketones is 1. The van der Waals surface area contributed by atoms with Gasteiger partial charge in [-0.3, -0.25) is 0 Å². The number of hydrogen-bond acceptors (Lipinski definition) is 6. The third kappa shape index (κ3) is 3.28. The number of carbonyl (C=O) groups is 1. The smallest absolute Gasteiger partial charge is 0.339 e. The molecule has 0 aliphatic rings. The first-order valence-electron chi connectivity index (χ1n) is 6.96. The van der Waals surface area contributed by atoms with Gasteiger partial charge >= 0.3 is 5.63 Å². The van der Waals surface area contributed by atoms with E-state index in [0.717, 1.165) is 0 Å². The van der Waals surface area contributed by atoms with Crippen LogP contribution in [-0.2, 0) is 11.2 Å². The van der Waals surface area contributed by atoms with Crippen molar-refractivity contribution < 1.29 is 24.2 Å². The predicted molar refractivity (Wildman–Crippen MR) is 80.5 cm³/mol. The van der Waals surface area contributed by atoms with E-state index in [9.17, 15) is 14.7 Å². The highest BCUT2D eigenvalue weighted by atomic mass is 16.5. The topological polar surface area (TPSA) is 97.0 Å². The second-order valence-corrected chi connectivity index (χ2v) is 5.08. The maximum Gasteiger partial charge on any atom is 0.339 e. The van der Waals surface area contributed by atoms with Gasteiger partial charge in [0.1, 0.15) is 29.5 Å².